The van der Waals surface area contributed by atoms with Crippen LogP contribution in [-0.2, 0) is 22.4 Å². The van der Waals surface area contributed by atoms with E-state index in [0.29, 0.717) is 36.7 Å². The number of benzene rings is 2. The van der Waals surface area contributed by atoms with E-state index in [9.17, 15) is 9.59 Å². The Morgan fingerprint density at radius 3 is 1.86 bits per heavy atom. The average Bonchev–Trinajstić information content (AvgIpc) is 3.02. The van der Waals surface area contributed by atoms with E-state index in [1.165, 1.54) is 18.6 Å². The van der Waals surface area contributed by atoms with Crippen LogP contribution in [0.5, 0.6) is 11.5 Å². The summed E-state index contributed by atoms with van der Waals surface area (Å²) < 4.78 is 42.5. The fourth-order valence-corrected chi connectivity index (χ4v) is 9.13. The van der Waals surface area contributed by atoms with Gasteiger partial charge in [0, 0.05) is 24.2 Å². The summed E-state index contributed by atoms with van der Waals surface area (Å²) in [6.07, 6.45) is 11.6. The predicted molar refractivity (Wildman–Crippen MR) is 187 cm³/mol. The van der Waals surface area contributed by atoms with Gasteiger partial charge in [0.25, 0.3) is 0 Å². The van der Waals surface area contributed by atoms with Crippen molar-refractivity contribution in [3.63, 3.8) is 0 Å². The van der Waals surface area contributed by atoms with Crippen LogP contribution in [-0.4, -0.2) is 24.0 Å². The van der Waals surface area contributed by atoms with Crippen molar-refractivity contribution < 1.29 is 27.8 Å². The number of hydrogen-bond acceptors (Lipinski definition) is 6. The number of fused-ring (bicyclic) bond motifs is 8. The number of ether oxygens (including phenoxy) is 2. The minimum absolute atomic E-state index is 0.00351. The van der Waals surface area contributed by atoms with E-state index in [4.69, 9.17) is 20.9 Å². The van der Waals surface area contributed by atoms with Crippen LogP contribution >= 0.6 is 0 Å². The Hall–Kier alpha value is -2.84. The summed E-state index contributed by atoms with van der Waals surface area (Å²) >= 11 is 0. The number of carbonyl (C=O) groups is 2. The van der Waals surface area contributed by atoms with E-state index in [1.54, 1.807) is 20.8 Å². The van der Waals surface area contributed by atoms with Gasteiger partial charge < -0.3 is 20.9 Å². The molecule has 7 atom stereocenters. The van der Waals surface area contributed by atoms with Crippen molar-refractivity contribution >= 4 is 11.9 Å². The molecule has 6 rings (SSSR count). The molecule has 8 heteroatoms. The maximum Gasteiger partial charge on any atom is 0.316 e. The van der Waals surface area contributed by atoms with Gasteiger partial charge in [-0.3, -0.25) is 9.59 Å². The van der Waals surface area contributed by atoms with Crippen molar-refractivity contribution in [1.82, 2.24) is 0 Å². The smallest absolute Gasteiger partial charge is 0.316 e. The number of halogens is 2. The van der Waals surface area contributed by atoms with Crippen molar-refractivity contribution in [2.24, 2.45) is 40.1 Å². The van der Waals surface area contributed by atoms with Crippen molar-refractivity contribution in [2.75, 3.05) is 0 Å². The Bertz CT molecular complexity index is 1570. The Morgan fingerprint density at radius 1 is 0.714 bits per heavy atom. The number of hydrogen-bond donors (Lipinski definition) is 2. The topological polar surface area (TPSA) is 105 Å². The molecule has 4 N–H and O–H groups in total. The van der Waals surface area contributed by atoms with Crippen LogP contribution in [0.25, 0.3) is 0 Å². The van der Waals surface area contributed by atoms with Gasteiger partial charge in [0.1, 0.15) is 23.1 Å². The van der Waals surface area contributed by atoms with Crippen molar-refractivity contribution in [3.8, 4) is 11.5 Å². The molecule has 268 valence electrons. The van der Waals surface area contributed by atoms with E-state index < -0.39 is 16.8 Å². The van der Waals surface area contributed by atoms with E-state index in [1.807, 2.05) is 26.0 Å². The Morgan fingerprint density at radius 2 is 1.24 bits per heavy atom. The monoisotopic (exact) mass is 678 g/mol. The molecule has 49 heavy (non-hydrogen) atoms. The van der Waals surface area contributed by atoms with Crippen LogP contribution in [0.1, 0.15) is 139 Å². The van der Waals surface area contributed by atoms with Gasteiger partial charge in [0.2, 0.25) is 0 Å². The zero-order valence-electron chi connectivity index (χ0n) is 30.1. The molecule has 4 aliphatic carbocycles. The van der Waals surface area contributed by atoms with Crippen LogP contribution in [0, 0.1) is 40.2 Å². The lowest BCUT2D eigenvalue weighted by molar-refractivity contribution is -0.144. The largest absolute Gasteiger partial charge is 0.426 e. The highest BCUT2D eigenvalue weighted by molar-refractivity contribution is 5.78. The number of nitrogens with two attached hydrogens (primary N) is 2. The van der Waals surface area contributed by atoms with Gasteiger partial charge >= 0.3 is 11.9 Å². The summed E-state index contributed by atoms with van der Waals surface area (Å²) in [6, 6.07) is 6.30. The van der Waals surface area contributed by atoms with Gasteiger partial charge in [-0.2, -0.15) is 0 Å². The lowest BCUT2D eigenvalue weighted by atomic mass is 9.66. The third-order valence-electron chi connectivity index (χ3n) is 12.3. The van der Waals surface area contributed by atoms with E-state index >= 15 is 8.78 Å². The van der Waals surface area contributed by atoms with Gasteiger partial charge in [0.15, 0.2) is 0 Å². The first kappa shape index (κ1) is 36.0. The summed E-state index contributed by atoms with van der Waals surface area (Å²) in [5.41, 5.74) is 15.4. The number of esters is 2. The Labute approximate surface area is 291 Å². The van der Waals surface area contributed by atoms with E-state index in [0.717, 1.165) is 74.5 Å². The van der Waals surface area contributed by atoms with Crippen molar-refractivity contribution in [1.29, 1.82) is 0 Å². The highest BCUT2D eigenvalue weighted by atomic mass is 19.1. The summed E-state index contributed by atoms with van der Waals surface area (Å²) in [7, 11) is 0. The molecule has 0 aromatic heterocycles. The molecule has 4 unspecified atom stereocenters. The van der Waals surface area contributed by atoms with Crippen LogP contribution < -0.4 is 20.9 Å². The van der Waals surface area contributed by atoms with Gasteiger partial charge in [-0.1, -0.05) is 32.1 Å². The first-order chi connectivity index (χ1) is 23.1. The van der Waals surface area contributed by atoms with Crippen molar-refractivity contribution in [3.05, 3.63) is 58.2 Å². The second-order valence-electron chi connectivity index (χ2n) is 17.4. The molecule has 2 fully saturated rings. The number of carbonyl (C=O) groups excluding carboxylic acids is 2. The molecule has 0 heterocycles. The summed E-state index contributed by atoms with van der Waals surface area (Å²) in [6.45, 7) is 9.13. The van der Waals surface area contributed by atoms with Gasteiger partial charge in [0.05, 0.1) is 10.8 Å². The molecule has 0 radical (unpaired) electrons. The summed E-state index contributed by atoms with van der Waals surface area (Å²) in [4.78, 5) is 26.1. The summed E-state index contributed by atoms with van der Waals surface area (Å²) in [5.74, 6) is -0.0270. The maximum atomic E-state index is 15.5. The second kappa shape index (κ2) is 14.1. The fourth-order valence-electron chi connectivity index (χ4n) is 9.13. The zero-order valence-corrected chi connectivity index (χ0v) is 30.1. The Kier molecular flexibility index (Phi) is 10.3. The molecule has 0 amide bonds. The molecule has 6 nitrogen and oxygen atoms in total. The quantitative estimate of drug-likeness (QED) is 0.234. The van der Waals surface area contributed by atoms with Gasteiger partial charge in [-0.15, -0.1) is 0 Å². The number of rotatable bonds is 6. The minimum Gasteiger partial charge on any atom is -0.426 e. The normalized spacial score (nSPS) is 28.6. The summed E-state index contributed by atoms with van der Waals surface area (Å²) in [5, 5.41) is 0. The molecule has 2 aromatic rings. The minimum atomic E-state index is -0.771. The second-order valence-corrected chi connectivity index (χ2v) is 17.4. The predicted octanol–water partition coefficient (Wildman–Crippen LogP) is 8.65. The molecule has 2 saturated carbocycles. The van der Waals surface area contributed by atoms with Crippen LogP contribution in [0.3, 0.4) is 0 Å². The van der Waals surface area contributed by atoms with Gasteiger partial charge in [-0.05, 0) is 150 Å². The highest BCUT2D eigenvalue weighted by Gasteiger charge is 2.41. The lowest BCUT2D eigenvalue weighted by Gasteiger charge is -2.42. The van der Waals surface area contributed by atoms with E-state index in [2.05, 4.69) is 0 Å². The molecule has 0 aliphatic heterocycles. The maximum absolute atomic E-state index is 15.5. The molecule has 2 aromatic carbocycles. The Balaban J connectivity index is 1.10. The molecule has 4 aliphatic rings. The molecule has 0 spiro atoms. The SMILES string of the molecule is CC(C)(C)C(=O)Oc1cc(F)c2c(c1)[C@H]1CCCC(CCC(C)(C)C(=O)Oc3cc(F)c4c(c3)C3CCCCCC(C4)C3N)C[C@@H](C2)[C@@H]1N. The standard InChI is InChI=1S/C41H56F2N2O4/c1-40(2,3)38(46)48-26-19-31-29-13-9-10-23(16-25(37(29)45)18-33(31)35(43)21-26)14-15-41(4,5)39(47)49-27-20-30-28-12-8-6-7-11-24(36(28)44)17-32(30)34(42)22-27/h19-25,28-29,36-37H,6-18,44-45H2,1-5H3/t23?,24?,25-,28?,29+,36?,37-/m0/s1. The van der Waals surface area contributed by atoms with Crippen LogP contribution in [0.15, 0.2) is 24.3 Å². The fraction of sp³-hybridized carbons (Fsp3) is 0.659. The first-order valence-corrected chi connectivity index (χ1v) is 18.7. The van der Waals surface area contributed by atoms with E-state index in [-0.39, 0.29) is 58.9 Å². The molecule has 4 bridgehead atoms. The third kappa shape index (κ3) is 7.61. The van der Waals surface area contributed by atoms with Crippen LogP contribution in [0.4, 0.5) is 8.78 Å². The van der Waals surface area contributed by atoms with Crippen LogP contribution in [0.2, 0.25) is 0 Å². The highest BCUT2D eigenvalue weighted by Crippen LogP contribution is 2.47. The van der Waals surface area contributed by atoms with Gasteiger partial charge in [-0.25, -0.2) is 8.78 Å². The molecule has 0 saturated heterocycles. The zero-order chi connectivity index (χ0) is 35.2. The average molecular weight is 679 g/mol. The lowest BCUT2D eigenvalue weighted by Crippen LogP contribution is -2.43. The molecular formula is C41H56F2N2O4. The molecular weight excluding hydrogens is 622 g/mol. The third-order valence-corrected chi connectivity index (χ3v) is 12.3. The first-order valence-electron chi connectivity index (χ1n) is 18.7. The van der Waals surface area contributed by atoms with Crippen molar-refractivity contribution in [2.45, 2.75) is 142 Å².